The number of hydrogen-bond acceptors (Lipinski definition) is 4. The van der Waals surface area contributed by atoms with Crippen LogP contribution in [-0.4, -0.2) is 34.7 Å². The third-order valence-electron chi connectivity index (χ3n) is 3.59. The molecular formula is C17H21N3O3. The predicted molar refractivity (Wildman–Crippen MR) is 86.7 cm³/mol. The van der Waals surface area contributed by atoms with Crippen molar-refractivity contribution in [2.45, 2.75) is 26.8 Å². The molecule has 0 fully saturated rings. The van der Waals surface area contributed by atoms with Crippen molar-refractivity contribution in [1.29, 1.82) is 0 Å². The molecule has 1 aromatic heterocycles. The monoisotopic (exact) mass is 315 g/mol. The van der Waals surface area contributed by atoms with E-state index in [4.69, 9.17) is 4.74 Å². The molecule has 0 radical (unpaired) electrons. The molecule has 0 aliphatic heterocycles. The number of aromatic amines is 1. The molecule has 122 valence electrons. The van der Waals surface area contributed by atoms with Crippen LogP contribution in [0.4, 0.5) is 0 Å². The minimum absolute atomic E-state index is 0.0260. The highest BCUT2D eigenvalue weighted by Crippen LogP contribution is 2.17. The van der Waals surface area contributed by atoms with Gasteiger partial charge in [0, 0.05) is 11.6 Å². The van der Waals surface area contributed by atoms with Gasteiger partial charge in [0.2, 0.25) is 0 Å². The highest BCUT2D eigenvalue weighted by molar-refractivity contribution is 5.90. The summed E-state index contributed by atoms with van der Waals surface area (Å²) in [4.78, 5) is 23.6. The number of nitrogens with one attached hydrogen (secondary N) is 2. The smallest absolute Gasteiger partial charge is 0.356 e. The molecule has 2 N–H and O–H groups in total. The number of H-pyrrole nitrogens is 1. The van der Waals surface area contributed by atoms with Crippen molar-refractivity contribution in [2.75, 3.05) is 6.61 Å². The number of ether oxygens (including phenoxy) is 1. The van der Waals surface area contributed by atoms with Crippen LogP contribution >= 0.6 is 0 Å². The second-order valence-corrected chi connectivity index (χ2v) is 5.71. The maximum atomic E-state index is 11.9. The molecule has 0 spiro atoms. The van der Waals surface area contributed by atoms with Crippen molar-refractivity contribution in [2.24, 2.45) is 5.92 Å². The first-order chi connectivity index (χ1) is 11.0. The first-order valence-electron chi connectivity index (χ1n) is 7.54. The molecule has 2 aromatic rings. The molecule has 1 heterocycles. The molecular weight excluding hydrogens is 294 g/mol. The Labute approximate surface area is 135 Å². The van der Waals surface area contributed by atoms with Gasteiger partial charge in [0.05, 0.1) is 5.69 Å². The van der Waals surface area contributed by atoms with E-state index in [0.29, 0.717) is 11.6 Å². The van der Waals surface area contributed by atoms with Gasteiger partial charge in [-0.05, 0) is 18.9 Å². The largest absolute Gasteiger partial charge is 0.451 e. The van der Waals surface area contributed by atoms with Gasteiger partial charge in [0.25, 0.3) is 5.91 Å². The number of carbonyl (C=O) groups is 2. The average molecular weight is 315 g/mol. The fourth-order valence-electron chi connectivity index (χ4n) is 1.85. The number of aromatic nitrogens is 2. The lowest BCUT2D eigenvalue weighted by atomic mass is 10.1. The SMILES string of the molecule is CC(C)[C@@H](C)NC(=O)COC(=O)c1cc(-c2ccccc2)n[nH]1. The zero-order chi connectivity index (χ0) is 16.8. The van der Waals surface area contributed by atoms with Crippen molar-refractivity contribution in [3.05, 3.63) is 42.1 Å². The normalized spacial score (nSPS) is 12.0. The molecule has 6 heteroatoms. The number of carbonyl (C=O) groups excluding carboxylic acids is 2. The Morgan fingerprint density at radius 3 is 2.57 bits per heavy atom. The van der Waals surface area contributed by atoms with Crippen molar-refractivity contribution in [3.63, 3.8) is 0 Å². The first-order valence-corrected chi connectivity index (χ1v) is 7.54. The first kappa shape index (κ1) is 16.7. The molecule has 0 aliphatic carbocycles. The summed E-state index contributed by atoms with van der Waals surface area (Å²) in [6, 6.07) is 11.1. The van der Waals surface area contributed by atoms with Crippen LogP contribution < -0.4 is 5.32 Å². The van der Waals surface area contributed by atoms with Crippen LogP contribution in [0.3, 0.4) is 0 Å². The zero-order valence-electron chi connectivity index (χ0n) is 13.5. The van der Waals surface area contributed by atoms with Crippen LogP contribution in [0, 0.1) is 5.92 Å². The van der Waals surface area contributed by atoms with Crippen molar-refractivity contribution >= 4 is 11.9 Å². The molecule has 0 aliphatic rings. The van der Waals surface area contributed by atoms with Crippen molar-refractivity contribution in [3.8, 4) is 11.3 Å². The standard InChI is InChI=1S/C17H21N3O3/c1-11(2)12(3)18-16(21)10-23-17(22)15-9-14(19-20-15)13-7-5-4-6-8-13/h4-9,11-12H,10H2,1-3H3,(H,18,21)(H,19,20)/t12-/m1/s1. The van der Waals surface area contributed by atoms with E-state index < -0.39 is 5.97 Å². The number of rotatable bonds is 6. The van der Waals surface area contributed by atoms with E-state index in [1.54, 1.807) is 6.07 Å². The number of hydrogen-bond donors (Lipinski definition) is 2. The molecule has 1 amide bonds. The molecule has 6 nitrogen and oxygen atoms in total. The maximum Gasteiger partial charge on any atom is 0.356 e. The minimum atomic E-state index is -0.605. The third kappa shape index (κ3) is 4.67. The summed E-state index contributed by atoms with van der Waals surface area (Å²) in [5, 5.41) is 9.49. The summed E-state index contributed by atoms with van der Waals surface area (Å²) in [5.74, 6) is -0.606. The van der Waals surface area contributed by atoms with E-state index >= 15 is 0 Å². The van der Waals surface area contributed by atoms with E-state index in [0.717, 1.165) is 5.56 Å². The second kappa shape index (κ2) is 7.58. The van der Waals surface area contributed by atoms with E-state index in [2.05, 4.69) is 15.5 Å². The summed E-state index contributed by atoms with van der Waals surface area (Å²) in [6.07, 6.45) is 0. The maximum absolute atomic E-state index is 11.9. The molecule has 2 rings (SSSR count). The van der Waals surface area contributed by atoms with Gasteiger partial charge in [-0.1, -0.05) is 44.2 Å². The van der Waals surface area contributed by atoms with Crippen LogP contribution in [0.1, 0.15) is 31.3 Å². The van der Waals surface area contributed by atoms with Crippen LogP contribution in [0.15, 0.2) is 36.4 Å². The minimum Gasteiger partial charge on any atom is -0.451 e. The zero-order valence-corrected chi connectivity index (χ0v) is 13.5. The van der Waals surface area contributed by atoms with Gasteiger partial charge in [-0.15, -0.1) is 0 Å². The highest BCUT2D eigenvalue weighted by atomic mass is 16.5. The van der Waals surface area contributed by atoms with Crippen LogP contribution in [0.2, 0.25) is 0 Å². The van der Waals surface area contributed by atoms with Gasteiger partial charge in [0.15, 0.2) is 6.61 Å². The lowest BCUT2D eigenvalue weighted by molar-refractivity contribution is -0.125. The number of esters is 1. The third-order valence-corrected chi connectivity index (χ3v) is 3.59. The Kier molecular flexibility index (Phi) is 5.51. The number of nitrogens with zero attached hydrogens (tertiary/aromatic N) is 1. The molecule has 0 saturated carbocycles. The Morgan fingerprint density at radius 1 is 1.22 bits per heavy atom. The van der Waals surface area contributed by atoms with E-state index in [1.807, 2.05) is 51.1 Å². The van der Waals surface area contributed by atoms with E-state index in [-0.39, 0.29) is 24.2 Å². The average Bonchev–Trinajstić information content (AvgIpc) is 3.03. The van der Waals surface area contributed by atoms with Crippen molar-refractivity contribution < 1.29 is 14.3 Å². The summed E-state index contributed by atoms with van der Waals surface area (Å²) in [5.41, 5.74) is 1.76. The fourth-order valence-corrected chi connectivity index (χ4v) is 1.85. The van der Waals surface area contributed by atoms with Crippen LogP contribution in [0.5, 0.6) is 0 Å². The second-order valence-electron chi connectivity index (χ2n) is 5.71. The summed E-state index contributed by atoms with van der Waals surface area (Å²) >= 11 is 0. The van der Waals surface area contributed by atoms with Crippen molar-refractivity contribution in [1.82, 2.24) is 15.5 Å². The summed E-state index contributed by atoms with van der Waals surface area (Å²) < 4.78 is 5.00. The molecule has 0 saturated heterocycles. The summed E-state index contributed by atoms with van der Waals surface area (Å²) in [7, 11) is 0. The highest BCUT2D eigenvalue weighted by Gasteiger charge is 2.16. The quantitative estimate of drug-likeness (QED) is 0.802. The topological polar surface area (TPSA) is 84.1 Å². The van der Waals surface area contributed by atoms with Crippen LogP contribution in [0.25, 0.3) is 11.3 Å². The lowest BCUT2D eigenvalue weighted by Gasteiger charge is -2.17. The molecule has 1 atom stereocenters. The lowest BCUT2D eigenvalue weighted by Crippen LogP contribution is -2.38. The Morgan fingerprint density at radius 2 is 1.91 bits per heavy atom. The van der Waals surface area contributed by atoms with Gasteiger partial charge in [-0.2, -0.15) is 5.10 Å². The predicted octanol–water partition coefficient (Wildman–Crippen LogP) is 2.39. The summed E-state index contributed by atoms with van der Waals surface area (Å²) in [6.45, 7) is 5.61. The van der Waals surface area contributed by atoms with Gasteiger partial charge in [-0.25, -0.2) is 4.79 Å². The van der Waals surface area contributed by atoms with E-state index in [1.165, 1.54) is 0 Å². The van der Waals surface area contributed by atoms with Gasteiger partial charge >= 0.3 is 5.97 Å². The fraction of sp³-hybridized carbons (Fsp3) is 0.353. The molecule has 1 aromatic carbocycles. The van der Waals surface area contributed by atoms with Gasteiger partial charge in [-0.3, -0.25) is 9.89 Å². The molecule has 0 unspecified atom stereocenters. The van der Waals surface area contributed by atoms with Gasteiger partial charge in [0.1, 0.15) is 5.69 Å². The Balaban J connectivity index is 1.89. The molecule has 23 heavy (non-hydrogen) atoms. The Hall–Kier alpha value is -2.63. The van der Waals surface area contributed by atoms with Gasteiger partial charge < -0.3 is 10.1 Å². The Bertz CT molecular complexity index is 665. The van der Waals surface area contributed by atoms with E-state index in [9.17, 15) is 9.59 Å². The van der Waals surface area contributed by atoms with Crippen LogP contribution in [-0.2, 0) is 9.53 Å². The number of benzene rings is 1. The number of amides is 1. The molecule has 0 bridgehead atoms.